The quantitative estimate of drug-likeness (QED) is 0.639. The van der Waals surface area contributed by atoms with E-state index in [1.54, 1.807) is 32.0 Å². The zero-order valence-corrected chi connectivity index (χ0v) is 11.1. The number of aryl methyl sites for hydroxylation is 1. The number of carbonyl (C=O) groups is 3. The van der Waals surface area contributed by atoms with Crippen molar-refractivity contribution < 1.29 is 19.1 Å². The van der Waals surface area contributed by atoms with Gasteiger partial charge in [-0.2, -0.15) is 0 Å². The first-order chi connectivity index (χ1) is 8.93. The van der Waals surface area contributed by atoms with E-state index in [1.807, 2.05) is 0 Å². The highest BCUT2D eigenvalue weighted by molar-refractivity contribution is 6.37. The second-order valence-corrected chi connectivity index (χ2v) is 3.89. The average molecular weight is 264 g/mol. The van der Waals surface area contributed by atoms with Gasteiger partial charge >= 0.3 is 11.9 Å². The number of ether oxygens (including phenoxy) is 1. The predicted octanol–water partition coefficient (Wildman–Crippen LogP) is 1.46. The molecule has 1 aromatic carbocycles. The molecule has 6 heteroatoms. The topological polar surface area (TPSA) is 84.5 Å². The summed E-state index contributed by atoms with van der Waals surface area (Å²) >= 11 is 0. The monoisotopic (exact) mass is 264 g/mol. The number of anilines is 2. The number of rotatable bonds is 3. The molecule has 0 heterocycles. The maximum absolute atomic E-state index is 11.5. The Morgan fingerprint density at radius 2 is 1.89 bits per heavy atom. The average Bonchev–Trinajstić information content (AvgIpc) is 2.33. The fourth-order valence-corrected chi connectivity index (χ4v) is 1.41. The smallest absolute Gasteiger partial charge is 0.397 e. The third-order valence-corrected chi connectivity index (χ3v) is 2.27. The molecule has 0 aliphatic rings. The summed E-state index contributed by atoms with van der Waals surface area (Å²) in [6.45, 7) is 4.92. The Kier molecular flexibility index (Phi) is 5.05. The van der Waals surface area contributed by atoms with Crippen LogP contribution >= 0.6 is 0 Å². The second kappa shape index (κ2) is 6.53. The van der Waals surface area contributed by atoms with Crippen molar-refractivity contribution in [1.29, 1.82) is 0 Å². The summed E-state index contributed by atoms with van der Waals surface area (Å²) in [5.74, 6) is -2.00. The van der Waals surface area contributed by atoms with Crippen LogP contribution in [-0.4, -0.2) is 24.4 Å². The predicted molar refractivity (Wildman–Crippen MR) is 70.7 cm³/mol. The Hall–Kier alpha value is -2.37. The number of benzene rings is 1. The molecule has 0 radical (unpaired) electrons. The summed E-state index contributed by atoms with van der Waals surface area (Å²) in [5, 5.41) is 5.04. The Labute approximate surface area is 111 Å². The maximum atomic E-state index is 11.5. The minimum Gasteiger partial charge on any atom is -0.459 e. The largest absolute Gasteiger partial charge is 0.459 e. The Bertz CT molecular complexity index is 511. The molecule has 102 valence electrons. The van der Waals surface area contributed by atoms with E-state index in [0.29, 0.717) is 11.4 Å². The normalized spacial score (nSPS) is 9.63. The Morgan fingerprint density at radius 1 is 1.21 bits per heavy atom. The molecule has 19 heavy (non-hydrogen) atoms. The molecule has 0 saturated heterocycles. The third-order valence-electron chi connectivity index (χ3n) is 2.27. The van der Waals surface area contributed by atoms with E-state index < -0.39 is 11.9 Å². The number of hydrogen-bond acceptors (Lipinski definition) is 4. The van der Waals surface area contributed by atoms with Crippen LogP contribution in [-0.2, 0) is 19.1 Å². The van der Waals surface area contributed by atoms with Crippen molar-refractivity contribution in [3.05, 3.63) is 23.8 Å². The lowest BCUT2D eigenvalue weighted by molar-refractivity contribution is -0.152. The van der Waals surface area contributed by atoms with Crippen LogP contribution in [0, 0.1) is 6.92 Å². The first kappa shape index (κ1) is 14.7. The molecule has 0 bridgehead atoms. The first-order valence-corrected chi connectivity index (χ1v) is 5.80. The zero-order valence-electron chi connectivity index (χ0n) is 11.1. The summed E-state index contributed by atoms with van der Waals surface area (Å²) in [6.07, 6.45) is 0. The third kappa shape index (κ3) is 4.42. The Morgan fingerprint density at radius 3 is 2.47 bits per heavy atom. The van der Waals surface area contributed by atoms with Crippen LogP contribution in [0.2, 0.25) is 0 Å². The minimum atomic E-state index is -0.938. The van der Waals surface area contributed by atoms with E-state index in [0.717, 1.165) is 5.56 Å². The summed E-state index contributed by atoms with van der Waals surface area (Å²) in [5.41, 5.74) is 1.76. The molecule has 6 nitrogen and oxygen atoms in total. The molecule has 0 aliphatic heterocycles. The number of nitrogens with one attached hydrogen (secondary N) is 2. The first-order valence-electron chi connectivity index (χ1n) is 5.80. The van der Waals surface area contributed by atoms with Crippen molar-refractivity contribution >= 4 is 29.2 Å². The van der Waals surface area contributed by atoms with Crippen molar-refractivity contribution in [3.8, 4) is 0 Å². The SMILES string of the molecule is CCOC(=O)C(=O)Nc1cc(NC(C)=O)ccc1C. The highest BCUT2D eigenvalue weighted by Gasteiger charge is 2.15. The second-order valence-electron chi connectivity index (χ2n) is 3.89. The van der Waals surface area contributed by atoms with Gasteiger partial charge in [-0.3, -0.25) is 9.59 Å². The van der Waals surface area contributed by atoms with Crippen LogP contribution in [0.4, 0.5) is 11.4 Å². The fourth-order valence-electron chi connectivity index (χ4n) is 1.41. The van der Waals surface area contributed by atoms with Gasteiger partial charge in [0.15, 0.2) is 0 Å². The van der Waals surface area contributed by atoms with Crippen LogP contribution in [0.5, 0.6) is 0 Å². The van der Waals surface area contributed by atoms with Crippen LogP contribution in [0.3, 0.4) is 0 Å². The lowest BCUT2D eigenvalue weighted by Gasteiger charge is -2.10. The minimum absolute atomic E-state index is 0.136. The molecular formula is C13H16N2O4. The molecule has 0 fully saturated rings. The van der Waals surface area contributed by atoms with Gasteiger partial charge in [0, 0.05) is 18.3 Å². The lowest BCUT2D eigenvalue weighted by atomic mass is 10.1. The molecule has 1 rings (SSSR count). The highest BCUT2D eigenvalue weighted by atomic mass is 16.5. The van der Waals surface area contributed by atoms with E-state index in [9.17, 15) is 14.4 Å². The summed E-state index contributed by atoms with van der Waals surface area (Å²) in [4.78, 5) is 33.7. The fraction of sp³-hybridized carbons (Fsp3) is 0.308. The standard InChI is InChI=1S/C13H16N2O4/c1-4-19-13(18)12(17)15-11-7-10(14-9(3)16)6-5-8(11)2/h5-7H,4H2,1-3H3,(H,14,16)(H,15,17). The molecule has 0 spiro atoms. The number of esters is 1. The van der Waals surface area contributed by atoms with E-state index in [-0.39, 0.29) is 12.5 Å². The van der Waals surface area contributed by atoms with E-state index in [1.165, 1.54) is 6.92 Å². The van der Waals surface area contributed by atoms with Crippen LogP contribution in [0.1, 0.15) is 19.4 Å². The van der Waals surface area contributed by atoms with Gasteiger partial charge in [-0.1, -0.05) is 6.07 Å². The molecule has 0 saturated carbocycles. The van der Waals surface area contributed by atoms with Gasteiger partial charge in [-0.05, 0) is 31.5 Å². The summed E-state index contributed by atoms with van der Waals surface area (Å²) < 4.78 is 4.59. The highest BCUT2D eigenvalue weighted by Crippen LogP contribution is 2.20. The van der Waals surface area contributed by atoms with Gasteiger partial charge in [0.05, 0.1) is 6.61 Å². The molecule has 0 unspecified atom stereocenters. The van der Waals surface area contributed by atoms with Gasteiger partial charge in [0.1, 0.15) is 0 Å². The molecule has 0 atom stereocenters. The molecule has 2 amide bonds. The van der Waals surface area contributed by atoms with Crippen molar-refractivity contribution in [2.45, 2.75) is 20.8 Å². The van der Waals surface area contributed by atoms with Crippen molar-refractivity contribution in [3.63, 3.8) is 0 Å². The Balaban J connectivity index is 2.85. The van der Waals surface area contributed by atoms with E-state index in [4.69, 9.17) is 0 Å². The molecule has 0 aromatic heterocycles. The number of carbonyl (C=O) groups excluding carboxylic acids is 3. The van der Waals surface area contributed by atoms with Gasteiger partial charge < -0.3 is 15.4 Å². The summed E-state index contributed by atoms with van der Waals surface area (Å²) in [6, 6.07) is 5.01. The van der Waals surface area contributed by atoms with Gasteiger partial charge in [-0.15, -0.1) is 0 Å². The maximum Gasteiger partial charge on any atom is 0.397 e. The number of hydrogen-bond donors (Lipinski definition) is 2. The molecular weight excluding hydrogens is 248 g/mol. The van der Waals surface area contributed by atoms with Crippen molar-refractivity contribution in [2.24, 2.45) is 0 Å². The van der Waals surface area contributed by atoms with Crippen LogP contribution in [0.25, 0.3) is 0 Å². The number of amides is 2. The van der Waals surface area contributed by atoms with E-state index in [2.05, 4.69) is 15.4 Å². The van der Waals surface area contributed by atoms with Crippen molar-refractivity contribution in [2.75, 3.05) is 17.2 Å². The van der Waals surface area contributed by atoms with Gasteiger partial charge in [0.25, 0.3) is 0 Å². The molecule has 2 N–H and O–H groups in total. The van der Waals surface area contributed by atoms with Gasteiger partial charge in [0.2, 0.25) is 5.91 Å². The van der Waals surface area contributed by atoms with Gasteiger partial charge in [-0.25, -0.2) is 4.79 Å². The molecule has 0 aliphatic carbocycles. The van der Waals surface area contributed by atoms with Crippen LogP contribution < -0.4 is 10.6 Å². The van der Waals surface area contributed by atoms with Crippen molar-refractivity contribution in [1.82, 2.24) is 0 Å². The van der Waals surface area contributed by atoms with E-state index >= 15 is 0 Å². The molecule has 1 aromatic rings. The van der Waals surface area contributed by atoms with Crippen LogP contribution in [0.15, 0.2) is 18.2 Å². The zero-order chi connectivity index (χ0) is 14.4. The lowest BCUT2D eigenvalue weighted by Crippen LogP contribution is -2.25. The summed E-state index contributed by atoms with van der Waals surface area (Å²) in [7, 11) is 0.